The molecule has 0 aromatic rings. The third-order valence-corrected chi connectivity index (χ3v) is 1.19. The van der Waals surface area contributed by atoms with Gasteiger partial charge in [-0.2, -0.15) is 0 Å². The van der Waals surface area contributed by atoms with E-state index in [0.29, 0.717) is 12.8 Å². The van der Waals surface area contributed by atoms with E-state index in [-0.39, 0.29) is 12.2 Å². The fourth-order valence-corrected chi connectivity index (χ4v) is 0.769. The molecule has 0 heterocycles. The Bertz CT molecular complexity index is 90.1. The molecule has 0 bridgehead atoms. The van der Waals surface area contributed by atoms with Crippen LogP contribution in [-0.4, -0.2) is 12.0 Å². The third kappa shape index (κ3) is 0.981. The van der Waals surface area contributed by atoms with Crippen molar-refractivity contribution in [2.24, 2.45) is 0 Å². The normalized spacial score (nSPS) is 31.6. The van der Waals surface area contributed by atoms with Crippen molar-refractivity contribution in [2.75, 3.05) is 0 Å². The summed E-state index contributed by atoms with van der Waals surface area (Å²) < 4.78 is 12.0. The Labute approximate surface area is 41.5 Å². The van der Waals surface area contributed by atoms with Gasteiger partial charge in [0.2, 0.25) is 0 Å². The summed E-state index contributed by atoms with van der Waals surface area (Å²) in [6, 6.07) is 0. The number of halogens is 1. The largest absolute Gasteiger partial charge is 0.300 e. The van der Waals surface area contributed by atoms with Gasteiger partial charge in [0.25, 0.3) is 0 Å². The lowest BCUT2D eigenvalue weighted by Crippen LogP contribution is -1.91. The first-order chi connectivity index (χ1) is 3.29. The van der Waals surface area contributed by atoms with Crippen molar-refractivity contribution < 1.29 is 9.18 Å². The molecule has 2 heteroatoms. The van der Waals surface area contributed by atoms with Crippen molar-refractivity contribution in [3.63, 3.8) is 0 Å². The van der Waals surface area contributed by atoms with Crippen molar-refractivity contribution >= 4 is 5.78 Å². The molecule has 40 valence electrons. The number of carbonyl (C=O) groups excluding carboxylic acids is 1. The van der Waals surface area contributed by atoms with E-state index in [1.54, 1.807) is 0 Å². The molecule has 0 unspecified atom stereocenters. The Kier molecular flexibility index (Phi) is 1.09. The smallest absolute Gasteiger partial charge is 0.135 e. The maximum atomic E-state index is 12.0. The van der Waals surface area contributed by atoms with Crippen LogP contribution in [0, 0.1) is 0 Å². The fourth-order valence-electron chi connectivity index (χ4n) is 0.769. The number of rotatable bonds is 0. The van der Waals surface area contributed by atoms with Crippen molar-refractivity contribution in [1.29, 1.82) is 0 Å². The van der Waals surface area contributed by atoms with E-state index in [0.717, 1.165) is 0 Å². The van der Waals surface area contributed by atoms with E-state index in [4.69, 9.17) is 0 Å². The van der Waals surface area contributed by atoms with E-state index in [1.165, 1.54) is 0 Å². The molecule has 0 N–H and O–H groups in total. The number of ketones is 1. The van der Waals surface area contributed by atoms with Gasteiger partial charge in [0.15, 0.2) is 0 Å². The highest BCUT2D eigenvalue weighted by Gasteiger charge is 2.20. The van der Waals surface area contributed by atoms with Crippen LogP contribution in [0.25, 0.3) is 0 Å². The van der Waals surface area contributed by atoms with Crippen LogP contribution in [-0.2, 0) is 4.79 Å². The Morgan fingerprint density at radius 3 is 2.57 bits per heavy atom. The highest BCUT2D eigenvalue weighted by molar-refractivity contribution is 5.80. The average Bonchev–Trinajstić information content (AvgIpc) is 1.87. The molecule has 0 aliphatic heterocycles. The molecule has 1 rings (SSSR count). The Balaban J connectivity index is 2.40. The molecule has 1 fully saturated rings. The molecular formula is C5H7FO. The van der Waals surface area contributed by atoms with Crippen molar-refractivity contribution in [1.82, 2.24) is 0 Å². The fraction of sp³-hybridized carbons (Fsp3) is 0.800. The van der Waals surface area contributed by atoms with Crippen LogP contribution in [0.15, 0.2) is 0 Å². The van der Waals surface area contributed by atoms with Crippen LogP contribution in [0.4, 0.5) is 4.39 Å². The Morgan fingerprint density at radius 1 is 1.71 bits per heavy atom. The first-order valence-electron chi connectivity index (χ1n) is 2.45. The number of hydrogen-bond donors (Lipinski definition) is 0. The molecule has 0 spiro atoms. The summed E-state index contributed by atoms with van der Waals surface area (Å²) in [7, 11) is 0. The number of alkyl halides is 1. The van der Waals surface area contributed by atoms with E-state index < -0.39 is 6.17 Å². The Hall–Kier alpha value is -0.400. The summed E-state index contributed by atoms with van der Waals surface area (Å²) in [5, 5.41) is 0. The summed E-state index contributed by atoms with van der Waals surface area (Å²) in [5.41, 5.74) is 0. The maximum absolute atomic E-state index is 12.0. The molecule has 1 saturated carbocycles. The second-order valence-electron chi connectivity index (χ2n) is 1.88. The second-order valence-corrected chi connectivity index (χ2v) is 1.88. The van der Waals surface area contributed by atoms with Crippen LogP contribution in [0.3, 0.4) is 0 Å². The molecule has 0 radical (unpaired) electrons. The lowest BCUT2D eigenvalue weighted by Gasteiger charge is -1.85. The molecule has 0 aromatic heterocycles. The standard InChI is InChI=1S/C5H7FO/c6-4-1-2-5(7)3-4/h4H,1-3H2/t4-/m0/s1. The average molecular weight is 102 g/mol. The zero-order valence-corrected chi connectivity index (χ0v) is 3.98. The van der Waals surface area contributed by atoms with Gasteiger partial charge in [-0.05, 0) is 6.42 Å². The Morgan fingerprint density at radius 2 is 2.43 bits per heavy atom. The summed E-state index contributed by atoms with van der Waals surface area (Å²) in [5.74, 6) is 0.0764. The molecule has 1 aliphatic rings. The van der Waals surface area contributed by atoms with E-state index in [9.17, 15) is 9.18 Å². The molecule has 0 amide bonds. The second kappa shape index (κ2) is 1.60. The van der Waals surface area contributed by atoms with Gasteiger partial charge in [0, 0.05) is 12.8 Å². The number of Topliss-reactive ketones (excluding diaryl/α,β-unsaturated/α-hetero) is 1. The quantitative estimate of drug-likeness (QED) is 0.447. The van der Waals surface area contributed by atoms with Gasteiger partial charge in [-0.25, -0.2) is 4.39 Å². The van der Waals surface area contributed by atoms with Gasteiger partial charge in [0.1, 0.15) is 12.0 Å². The zero-order chi connectivity index (χ0) is 5.28. The summed E-state index contributed by atoms with van der Waals surface area (Å²) in [4.78, 5) is 10.2. The van der Waals surface area contributed by atoms with Crippen LogP contribution in [0.5, 0.6) is 0 Å². The van der Waals surface area contributed by atoms with Crippen LogP contribution in [0.1, 0.15) is 19.3 Å². The van der Waals surface area contributed by atoms with Gasteiger partial charge in [-0.1, -0.05) is 0 Å². The van der Waals surface area contributed by atoms with Gasteiger partial charge < -0.3 is 0 Å². The van der Waals surface area contributed by atoms with Crippen molar-refractivity contribution in [3.8, 4) is 0 Å². The third-order valence-electron chi connectivity index (χ3n) is 1.19. The van der Waals surface area contributed by atoms with Gasteiger partial charge in [-0.3, -0.25) is 4.79 Å². The van der Waals surface area contributed by atoms with Gasteiger partial charge >= 0.3 is 0 Å². The van der Waals surface area contributed by atoms with Crippen molar-refractivity contribution in [3.05, 3.63) is 0 Å². The number of carbonyl (C=O) groups is 1. The minimum Gasteiger partial charge on any atom is -0.300 e. The van der Waals surface area contributed by atoms with Crippen LogP contribution < -0.4 is 0 Å². The highest BCUT2D eigenvalue weighted by atomic mass is 19.1. The molecule has 0 saturated heterocycles. The predicted molar refractivity (Wildman–Crippen MR) is 23.8 cm³/mol. The first-order valence-corrected chi connectivity index (χ1v) is 2.45. The molecule has 1 nitrogen and oxygen atoms in total. The van der Waals surface area contributed by atoms with E-state index in [1.807, 2.05) is 0 Å². The summed E-state index contributed by atoms with van der Waals surface area (Å²) in [6.45, 7) is 0. The SMILES string of the molecule is O=C1CC[C@H](F)C1. The molecule has 0 aromatic carbocycles. The number of hydrogen-bond acceptors (Lipinski definition) is 1. The summed E-state index contributed by atoms with van der Waals surface area (Å²) in [6.07, 6.45) is 0.257. The maximum Gasteiger partial charge on any atom is 0.135 e. The molecule has 1 aliphatic carbocycles. The molecule has 1 atom stereocenters. The lowest BCUT2D eigenvalue weighted by molar-refractivity contribution is -0.117. The predicted octanol–water partition coefficient (Wildman–Crippen LogP) is 1.08. The van der Waals surface area contributed by atoms with Crippen LogP contribution in [0.2, 0.25) is 0 Å². The van der Waals surface area contributed by atoms with Crippen LogP contribution >= 0.6 is 0 Å². The van der Waals surface area contributed by atoms with E-state index >= 15 is 0 Å². The molecule has 7 heavy (non-hydrogen) atoms. The molecular weight excluding hydrogens is 95.1 g/mol. The first kappa shape index (κ1) is 4.75. The minimum absolute atomic E-state index is 0.0764. The van der Waals surface area contributed by atoms with Gasteiger partial charge in [-0.15, -0.1) is 0 Å². The minimum atomic E-state index is -0.826. The zero-order valence-electron chi connectivity index (χ0n) is 3.98. The van der Waals surface area contributed by atoms with E-state index in [2.05, 4.69) is 0 Å². The van der Waals surface area contributed by atoms with Crippen molar-refractivity contribution in [2.45, 2.75) is 25.4 Å². The summed E-state index contributed by atoms with van der Waals surface area (Å²) >= 11 is 0. The lowest BCUT2D eigenvalue weighted by atomic mass is 10.3. The monoisotopic (exact) mass is 102 g/mol. The topological polar surface area (TPSA) is 17.1 Å². The highest BCUT2D eigenvalue weighted by Crippen LogP contribution is 2.16. The van der Waals surface area contributed by atoms with Gasteiger partial charge in [0.05, 0.1) is 0 Å².